The van der Waals surface area contributed by atoms with Crippen LogP contribution < -0.4 is 15.4 Å². The lowest BCUT2D eigenvalue weighted by molar-refractivity contribution is 0.0954. The number of ether oxygens (including phenoxy) is 1. The van der Waals surface area contributed by atoms with Gasteiger partial charge in [0.15, 0.2) is 5.96 Å². The smallest absolute Gasteiger partial charge is 0.251 e. The Labute approximate surface area is 206 Å². The van der Waals surface area contributed by atoms with Crippen LogP contribution in [0.15, 0.2) is 64.5 Å². The van der Waals surface area contributed by atoms with Gasteiger partial charge in [-0.1, -0.05) is 24.3 Å². The van der Waals surface area contributed by atoms with Gasteiger partial charge in [-0.3, -0.25) is 9.79 Å². The maximum absolute atomic E-state index is 12.3. The first-order chi connectivity index (χ1) is 14.7. The summed E-state index contributed by atoms with van der Waals surface area (Å²) in [6, 6.07) is 17.7. The number of carbonyl (C=O) groups excluding carboxylic acids is 1. The van der Waals surface area contributed by atoms with Crippen molar-refractivity contribution in [2.75, 3.05) is 46.1 Å². The standard InChI is InChI=1S/C23H30N4O2S.HI/c1-24-23(26-13-12-25-22(28)19-7-6-8-20(15-19)29-2)27-14-11-18(16-27)17-30-21-9-4-3-5-10-21;/h3-10,15,18H,11-14,16-17H2,1-2H3,(H,24,26)(H,25,28);1H. The van der Waals surface area contributed by atoms with E-state index in [1.54, 1.807) is 19.2 Å². The average molecular weight is 554 g/mol. The molecule has 0 aromatic heterocycles. The Morgan fingerprint density at radius 2 is 1.94 bits per heavy atom. The zero-order chi connectivity index (χ0) is 21.2. The lowest BCUT2D eigenvalue weighted by Gasteiger charge is -2.21. The SMILES string of the molecule is CN=C(NCCNC(=O)c1cccc(OC)c1)N1CCC(CSc2ccccc2)C1.I. The summed E-state index contributed by atoms with van der Waals surface area (Å²) in [6.45, 7) is 3.17. The van der Waals surface area contributed by atoms with Gasteiger partial charge in [0.2, 0.25) is 0 Å². The summed E-state index contributed by atoms with van der Waals surface area (Å²) in [5, 5.41) is 6.30. The summed E-state index contributed by atoms with van der Waals surface area (Å²) in [5.74, 6) is 3.24. The Kier molecular flexibility index (Phi) is 11.0. The molecule has 0 bridgehead atoms. The highest BCUT2D eigenvalue weighted by Crippen LogP contribution is 2.25. The predicted molar refractivity (Wildman–Crippen MR) is 139 cm³/mol. The fraction of sp³-hybridized carbons (Fsp3) is 0.391. The van der Waals surface area contributed by atoms with Crippen molar-refractivity contribution in [1.29, 1.82) is 0 Å². The van der Waals surface area contributed by atoms with E-state index in [0.29, 0.717) is 30.3 Å². The normalized spacial score (nSPS) is 15.9. The highest BCUT2D eigenvalue weighted by Gasteiger charge is 2.24. The quantitative estimate of drug-likeness (QED) is 0.171. The fourth-order valence-electron chi connectivity index (χ4n) is 3.44. The average Bonchev–Trinajstić information content (AvgIpc) is 3.27. The van der Waals surface area contributed by atoms with Gasteiger partial charge in [0.1, 0.15) is 5.75 Å². The van der Waals surface area contributed by atoms with Gasteiger partial charge in [-0.15, -0.1) is 35.7 Å². The van der Waals surface area contributed by atoms with Gasteiger partial charge in [0.25, 0.3) is 5.91 Å². The Morgan fingerprint density at radius 1 is 1.16 bits per heavy atom. The summed E-state index contributed by atoms with van der Waals surface area (Å²) < 4.78 is 5.17. The van der Waals surface area contributed by atoms with Crippen molar-refractivity contribution in [2.24, 2.45) is 10.9 Å². The predicted octanol–water partition coefficient (Wildman–Crippen LogP) is 3.73. The molecular formula is C23H31IN4O2S. The Morgan fingerprint density at radius 3 is 2.68 bits per heavy atom. The van der Waals surface area contributed by atoms with Gasteiger partial charge in [-0.05, 0) is 42.7 Å². The van der Waals surface area contributed by atoms with Gasteiger partial charge < -0.3 is 20.3 Å². The third-order valence-electron chi connectivity index (χ3n) is 5.05. The topological polar surface area (TPSA) is 66.0 Å². The van der Waals surface area contributed by atoms with E-state index in [9.17, 15) is 4.79 Å². The number of methoxy groups -OCH3 is 1. The van der Waals surface area contributed by atoms with Crippen molar-refractivity contribution in [3.63, 3.8) is 0 Å². The number of aliphatic imine (C=N–C) groups is 1. The van der Waals surface area contributed by atoms with Gasteiger partial charge in [-0.25, -0.2) is 0 Å². The zero-order valence-electron chi connectivity index (χ0n) is 18.0. The van der Waals surface area contributed by atoms with Gasteiger partial charge >= 0.3 is 0 Å². The number of nitrogens with zero attached hydrogens (tertiary/aromatic N) is 2. The molecule has 1 fully saturated rings. The highest BCUT2D eigenvalue weighted by atomic mass is 127. The van der Waals surface area contributed by atoms with Crippen LogP contribution in [-0.4, -0.2) is 62.9 Å². The molecule has 3 rings (SSSR count). The van der Waals surface area contributed by atoms with Crippen LogP contribution in [-0.2, 0) is 0 Å². The Balaban J connectivity index is 0.00000341. The van der Waals surface area contributed by atoms with E-state index in [4.69, 9.17) is 4.74 Å². The summed E-state index contributed by atoms with van der Waals surface area (Å²) >= 11 is 1.92. The van der Waals surface area contributed by atoms with Crippen molar-refractivity contribution < 1.29 is 9.53 Å². The number of guanidine groups is 1. The van der Waals surface area contributed by atoms with Crippen molar-refractivity contribution in [1.82, 2.24) is 15.5 Å². The summed E-state index contributed by atoms with van der Waals surface area (Å²) in [5.41, 5.74) is 0.594. The third-order valence-corrected chi connectivity index (χ3v) is 6.30. The minimum atomic E-state index is -0.107. The van der Waals surface area contributed by atoms with Crippen LogP contribution in [0.4, 0.5) is 0 Å². The molecule has 168 valence electrons. The zero-order valence-corrected chi connectivity index (χ0v) is 21.2. The van der Waals surface area contributed by atoms with Crippen molar-refractivity contribution in [3.8, 4) is 5.75 Å². The number of carbonyl (C=O) groups is 1. The molecule has 2 N–H and O–H groups in total. The third kappa shape index (κ3) is 7.92. The number of benzene rings is 2. The molecule has 1 saturated heterocycles. The molecule has 1 amide bonds. The first-order valence-corrected chi connectivity index (χ1v) is 11.2. The van der Waals surface area contributed by atoms with Crippen molar-refractivity contribution in [3.05, 3.63) is 60.2 Å². The number of thioether (sulfide) groups is 1. The van der Waals surface area contributed by atoms with Gasteiger partial charge in [-0.2, -0.15) is 0 Å². The first kappa shape index (κ1) is 25.3. The molecule has 0 spiro atoms. The van der Waals surface area contributed by atoms with Gasteiger partial charge in [0, 0.05) is 49.4 Å². The maximum Gasteiger partial charge on any atom is 0.251 e. The molecule has 31 heavy (non-hydrogen) atoms. The number of hydrogen-bond donors (Lipinski definition) is 2. The molecule has 1 heterocycles. The van der Waals surface area contributed by atoms with E-state index in [2.05, 4.69) is 50.9 Å². The highest BCUT2D eigenvalue weighted by molar-refractivity contribution is 14.0. The minimum absolute atomic E-state index is 0. The molecule has 1 atom stereocenters. The maximum atomic E-state index is 12.3. The lowest BCUT2D eigenvalue weighted by Crippen LogP contribution is -2.43. The molecule has 1 unspecified atom stereocenters. The van der Waals surface area contributed by atoms with E-state index in [1.807, 2.05) is 30.9 Å². The molecule has 1 aliphatic heterocycles. The van der Waals surface area contributed by atoms with E-state index < -0.39 is 0 Å². The molecular weight excluding hydrogens is 523 g/mol. The van der Waals surface area contributed by atoms with Crippen LogP contribution in [0.25, 0.3) is 0 Å². The number of halogens is 1. The molecule has 2 aromatic rings. The van der Waals surface area contributed by atoms with Crippen LogP contribution >= 0.6 is 35.7 Å². The molecule has 0 aliphatic carbocycles. The van der Waals surface area contributed by atoms with E-state index in [-0.39, 0.29) is 29.9 Å². The molecule has 0 saturated carbocycles. The molecule has 6 nitrogen and oxygen atoms in total. The van der Waals surface area contributed by atoms with Crippen molar-refractivity contribution >= 4 is 47.6 Å². The summed E-state index contributed by atoms with van der Waals surface area (Å²) in [4.78, 5) is 20.3. The molecule has 0 radical (unpaired) electrons. The van der Waals surface area contributed by atoms with Crippen LogP contribution in [0.2, 0.25) is 0 Å². The Bertz CT molecular complexity index is 850. The number of rotatable bonds is 8. The van der Waals surface area contributed by atoms with Gasteiger partial charge in [0.05, 0.1) is 7.11 Å². The largest absolute Gasteiger partial charge is 0.497 e. The van der Waals surface area contributed by atoms with Crippen LogP contribution in [0.1, 0.15) is 16.8 Å². The first-order valence-electron chi connectivity index (χ1n) is 10.3. The summed E-state index contributed by atoms with van der Waals surface area (Å²) in [6.07, 6.45) is 1.17. The van der Waals surface area contributed by atoms with E-state index in [0.717, 1.165) is 24.8 Å². The number of amides is 1. The second-order valence-corrected chi connectivity index (χ2v) is 8.28. The molecule has 8 heteroatoms. The second kappa shape index (κ2) is 13.5. The number of nitrogens with one attached hydrogen (secondary N) is 2. The van der Waals surface area contributed by atoms with Crippen LogP contribution in [0.3, 0.4) is 0 Å². The summed E-state index contributed by atoms with van der Waals surface area (Å²) in [7, 11) is 3.40. The number of likely N-dealkylation sites (tertiary alicyclic amines) is 1. The monoisotopic (exact) mass is 554 g/mol. The van der Waals surface area contributed by atoms with E-state index in [1.165, 1.54) is 11.3 Å². The second-order valence-electron chi connectivity index (χ2n) is 7.19. The lowest BCUT2D eigenvalue weighted by atomic mass is 10.2. The minimum Gasteiger partial charge on any atom is -0.497 e. The fourth-order valence-corrected chi connectivity index (χ4v) is 4.49. The molecule has 1 aliphatic rings. The van der Waals surface area contributed by atoms with Crippen LogP contribution in [0.5, 0.6) is 5.75 Å². The Hall–Kier alpha value is -1.94. The number of hydrogen-bond acceptors (Lipinski definition) is 4. The van der Waals surface area contributed by atoms with Crippen LogP contribution in [0, 0.1) is 5.92 Å². The van der Waals surface area contributed by atoms with E-state index >= 15 is 0 Å². The molecule has 2 aromatic carbocycles. The van der Waals surface area contributed by atoms with Crippen molar-refractivity contribution in [2.45, 2.75) is 11.3 Å².